The van der Waals surface area contributed by atoms with Gasteiger partial charge in [0, 0.05) is 26.6 Å². The largest absolute Gasteiger partial charge is 0.344 e. The smallest absolute Gasteiger partial charge is 0.342 e. The first-order valence-electron chi connectivity index (χ1n) is 7.82. The molecule has 3 fully saturated rings. The van der Waals surface area contributed by atoms with Crippen LogP contribution in [0.15, 0.2) is 0 Å². The van der Waals surface area contributed by atoms with Crippen molar-refractivity contribution in [3.05, 3.63) is 0 Å². The van der Waals surface area contributed by atoms with Gasteiger partial charge in [0.25, 0.3) is 0 Å². The molecule has 9 heteroatoms. The molecule has 3 saturated heterocycles. The lowest BCUT2D eigenvalue weighted by Gasteiger charge is -2.31. The molecule has 0 aliphatic carbocycles. The van der Waals surface area contributed by atoms with Gasteiger partial charge in [-0.05, 0) is 19.3 Å². The fourth-order valence-electron chi connectivity index (χ4n) is 3.53. The van der Waals surface area contributed by atoms with Gasteiger partial charge >= 0.3 is 6.03 Å². The maximum absolute atomic E-state index is 12.3. The lowest BCUT2D eigenvalue weighted by Crippen LogP contribution is -2.51. The molecule has 2 bridgehead atoms. The van der Waals surface area contributed by atoms with Gasteiger partial charge < -0.3 is 15.1 Å². The summed E-state index contributed by atoms with van der Waals surface area (Å²) in [5.74, 6) is -0.676. The molecule has 3 atom stereocenters. The molecular formula is C14H21N5O4. The Balaban J connectivity index is 1.58. The molecule has 9 nitrogen and oxygen atoms in total. The number of nitrogens with zero attached hydrogens (tertiary/aromatic N) is 3. The topological polar surface area (TPSA) is 117 Å². The van der Waals surface area contributed by atoms with Gasteiger partial charge in [0.15, 0.2) is 0 Å². The summed E-state index contributed by atoms with van der Waals surface area (Å²) in [7, 11) is 0. The van der Waals surface area contributed by atoms with Crippen LogP contribution in [0.4, 0.5) is 4.79 Å². The minimum absolute atomic E-state index is 0.0154. The van der Waals surface area contributed by atoms with Crippen LogP contribution in [-0.2, 0) is 9.59 Å². The molecule has 0 aromatic heterocycles. The second-order valence-corrected chi connectivity index (χ2v) is 6.38. The van der Waals surface area contributed by atoms with Gasteiger partial charge in [-0.1, -0.05) is 0 Å². The van der Waals surface area contributed by atoms with Gasteiger partial charge in [0.1, 0.15) is 5.84 Å². The van der Waals surface area contributed by atoms with E-state index >= 15 is 0 Å². The van der Waals surface area contributed by atoms with Crippen LogP contribution in [-0.4, -0.2) is 75.5 Å². The van der Waals surface area contributed by atoms with Crippen molar-refractivity contribution in [2.24, 2.45) is 5.92 Å². The molecule has 0 aromatic rings. The molecule has 3 rings (SSSR count). The Labute approximate surface area is 133 Å². The highest BCUT2D eigenvalue weighted by Gasteiger charge is 2.46. The predicted octanol–water partition coefficient (Wildman–Crippen LogP) is -0.394. The van der Waals surface area contributed by atoms with Gasteiger partial charge in [-0.3, -0.25) is 20.2 Å². The van der Waals surface area contributed by atoms with Crippen molar-refractivity contribution in [2.75, 3.05) is 19.6 Å². The Morgan fingerprint density at radius 2 is 2.00 bits per heavy atom. The van der Waals surface area contributed by atoms with Crippen LogP contribution < -0.4 is 5.32 Å². The van der Waals surface area contributed by atoms with Crippen LogP contribution in [0.25, 0.3) is 0 Å². The molecule has 3 N–H and O–H groups in total. The van der Waals surface area contributed by atoms with Crippen LogP contribution >= 0.6 is 0 Å². The number of amides is 4. The summed E-state index contributed by atoms with van der Waals surface area (Å²) in [4.78, 5) is 38.5. The highest BCUT2D eigenvalue weighted by Crippen LogP contribution is 2.28. The SMILES string of the molecule is CC(=O)N1CC[C@@H](C(=O)NC(=N)[C@@H]2CC[C@@H]3CN2C(=O)N3O)C1. The molecule has 0 spiro atoms. The van der Waals surface area contributed by atoms with E-state index in [4.69, 9.17) is 5.41 Å². The van der Waals surface area contributed by atoms with E-state index < -0.39 is 12.1 Å². The number of likely N-dealkylation sites (tertiary alicyclic amines) is 1. The molecule has 3 aliphatic rings. The summed E-state index contributed by atoms with van der Waals surface area (Å²) in [5.41, 5.74) is 0. The first-order valence-corrected chi connectivity index (χ1v) is 7.82. The van der Waals surface area contributed by atoms with Crippen molar-refractivity contribution in [1.29, 1.82) is 5.41 Å². The van der Waals surface area contributed by atoms with E-state index in [2.05, 4.69) is 5.32 Å². The first kappa shape index (κ1) is 15.7. The lowest BCUT2D eigenvalue weighted by molar-refractivity contribution is -0.128. The minimum Gasteiger partial charge on any atom is -0.342 e. The van der Waals surface area contributed by atoms with Crippen molar-refractivity contribution in [3.63, 3.8) is 0 Å². The Hall–Kier alpha value is -2.16. The van der Waals surface area contributed by atoms with E-state index in [9.17, 15) is 19.6 Å². The van der Waals surface area contributed by atoms with E-state index in [-0.39, 0.29) is 29.6 Å². The summed E-state index contributed by atoms with van der Waals surface area (Å²) >= 11 is 0. The number of amidine groups is 1. The van der Waals surface area contributed by atoms with Crippen LogP contribution in [0.3, 0.4) is 0 Å². The molecule has 4 amide bonds. The molecule has 126 valence electrons. The zero-order chi connectivity index (χ0) is 16.7. The minimum atomic E-state index is -0.514. The molecular weight excluding hydrogens is 302 g/mol. The standard InChI is InChI=1S/C14H21N5O4/c1-8(20)17-5-4-9(6-17)13(21)16-12(15)11-3-2-10-7-18(11)14(22)19(10)23/h9-11,23H,2-7H2,1H3,(H2,15,16,21)/t9-,10-,11+/m1/s1. The fourth-order valence-corrected chi connectivity index (χ4v) is 3.53. The Kier molecular flexibility index (Phi) is 3.97. The summed E-state index contributed by atoms with van der Waals surface area (Å²) in [6.45, 7) is 2.77. The van der Waals surface area contributed by atoms with Gasteiger partial charge in [0.05, 0.1) is 18.0 Å². The number of fused-ring (bicyclic) bond motifs is 2. The summed E-state index contributed by atoms with van der Waals surface area (Å²) < 4.78 is 0. The second kappa shape index (κ2) is 5.80. The van der Waals surface area contributed by atoms with Crippen molar-refractivity contribution in [1.82, 2.24) is 20.2 Å². The average Bonchev–Trinajstić information content (AvgIpc) is 3.09. The maximum atomic E-state index is 12.3. The Bertz CT molecular complexity index is 565. The van der Waals surface area contributed by atoms with Crippen molar-refractivity contribution in [3.8, 4) is 0 Å². The number of hydrogen-bond acceptors (Lipinski definition) is 5. The molecule has 0 radical (unpaired) electrons. The number of hydroxylamine groups is 2. The third-order valence-corrected chi connectivity index (χ3v) is 4.94. The predicted molar refractivity (Wildman–Crippen MR) is 78.8 cm³/mol. The average molecular weight is 323 g/mol. The quantitative estimate of drug-likeness (QED) is 0.364. The van der Waals surface area contributed by atoms with Crippen LogP contribution in [0.2, 0.25) is 0 Å². The molecule has 23 heavy (non-hydrogen) atoms. The number of urea groups is 1. The monoisotopic (exact) mass is 323 g/mol. The second-order valence-electron chi connectivity index (χ2n) is 6.38. The van der Waals surface area contributed by atoms with E-state index in [1.54, 1.807) is 4.90 Å². The third-order valence-electron chi connectivity index (χ3n) is 4.94. The number of carbonyl (C=O) groups is 3. The Morgan fingerprint density at radius 3 is 2.65 bits per heavy atom. The number of rotatable bonds is 2. The third kappa shape index (κ3) is 2.76. The first-order chi connectivity index (χ1) is 10.9. The van der Waals surface area contributed by atoms with Crippen LogP contribution in [0.5, 0.6) is 0 Å². The van der Waals surface area contributed by atoms with Crippen molar-refractivity contribution < 1.29 is 19.6 Å². The Morgan fingerprint density at radius 1 is 1.26 bits per heavy atom. The van der Waals surface area contributed by atoms with Crippen LogP contribution in [0, 0.1) is 11.3 Å². The zero-order valence-electron chi connectivity index (χ0n) is 13.0. The van der Waals surface area contributed by atoms with Crippen LogP contribution in [0.1, 0.15) is 26.2 Å². The maximum Gasteiger partial charge on any atom is 0.344 e. The highest BCUT2D eigenvalue weighted by molar-refractivity contribution is 6.02. The molecule has 0 unspecified atom stereocenters. The number of piperidine rings is 1. The normalized spacial score (nSPS) is 29.9. The van der Waals surface area contributed by atoms with E-state index in [1.165, 1.54) is 11.8 Å². The van der Waals surface area contributed by atoms with Crippen molar-refractivity contribution >= 4 is 23.7 Å². The summed E-state index contributed by atoms with van der Waals surface area (Å²) in [6.07, 6.45) is 1.72. The van der Waals surface area contributed by atoms with Gasteiger partial charge in [0.2, 0.25) is 11.8 Å². The molecule has 0 aromatic carbocycles. The van der Waals surface area contributed by atoms with Gasteiger partial charge in [-0.2, -0.15) is 0 Å². The number of nitrogens with one attached hydrogen (secondary N) is 2. The molecule has 3 aliphatic heterocycles. The van der Waals surface area contributed by atoms with Gasteiger partial charge in [-0.15, -0.1) is 0 Å². The summed E-state index contributed by atoms with van der Waals surface area (Å²) in [5, 5.41) is 21.1. The van der Waals surface area contributed by atoms with E-state index in [1.807, 2.05) is 0 Å². The van der Waals surface area contributed by atoms with Crippen molar-refractivity contribution in [2.45, 2.75) is 38.3 Å². The van der Waals surface area contributed by atoms with E-state index in [0.717, 1.165) is 5.06 Å². The highest BCUT2D eigenvalue weighted by atomic mass is 16.5. The molecule has 3 heterocycles. The molecule has 0 saturated carbocycles. The number of carbonyl (C=O) groups excluding carboxylic acids is 3. The lowest BCUT2D eigenvalue weighted by atomic mass is 9.99. The van der Waals surface area contributed by atoms with E-state index in [0.29, 0.717) is 38.9 Å². The zero-order valence-corrected chi connectivity index (χ0v) is 13.0. The fraction of sp³-hybridized carbons (Fsp3) is 0.714. The van der Waals surface area contributed by atoms with Gasteiger partial charge in [-0.25, -0.2) is 9.86 Å². The summed E-state index contributed by atoms with van der Waals surface area (Å²) in [6, 6.07) is -1.24. The number of hydrogen-bond donors (Lipinski definition) is 3.